The van der Waals surface area contributed by atoms with Crippen molar-refractivity contribution in [2.75, 3.05) is 11.9 Å². The lowest BCUT2D eigenvalue weighted by molar-refractivity contribution is 0.866. The van der Waals surface area contributed by atoms with E-state index in [2.05, 4.69) is 74.3 Å². The number of rotatable bonds is 4. The molecule has 0 aromatic heterocycles. The molecule has 19 heavy (non-hydrogen) atoms. The van der Waals surface area contributed by atoms with Gasteiger partial charge in [-0.05, 0) is 41.3 Å². The number of anilines is 2. The third-order valence-electron chi connectivity index (χ3n) is 3.51. The van der Waals surface area contributed by atoms with E-state index in [1.54, 1.807) is 0 Å². The maximum absolute atomic E-state index is 5.62. The van der Waals surface area contributed by atoms with Crippen molar-refractivity contribution < 1.29 is 0 Å². The molecule has 0 aliphatic carbocycles. The molecule has 0 amide bonds. The van der Waals surface area contributed by atoms with E-state index in [9.17, 15) is 0 Å². The van der Waals surface area contributed by atoms with Gasteiger partial charge >= 0.3 is 0 Å². The molecule has 0 bridgehead atoms. The monoisotopic (exact) mass is 254 g/mol. The van der Waals surface area contributed by atoms with Crippen LogP contribution >= 0.6 is 0 Å². The lowest BCUT2D eigenvalue weighted by Crippen LogP contribution is -2.09. The average molecular weight is 254 g/mol. The van der Waals surface area contributed by atoms with Crippen molar-refractivity contribution in [3.8, 4) is 0 Å². The third kappa shape index (κ3) is 3.15. The molecule has 0 saturated carbocycles. The quantitative estimate of drug-likeness (QED) is 0.892. The van der Waals surface area contributed by atoms with Gasteiger partial charge < -0.3 is 10.6 Å². The van der Waals surface area contributed by atoms with E-state index < -0.39 is 0 Å². The maximum Gasteiger partial charge on any atom is 0.0408 e. The summed E-state index contributed by atoms with van der Waals surface area (Å²) in [6, 6.07) is 17.1. The van der Waals surface area contributed by atoms with Crippen LogP contribution < -0.4 is 10.6 Å². The minimum absolute atomic E-state index is 0.572. The molecule has 2 aromatic carbocycles. The van der Waals surface area contributed by atoms with E-state index in [1.165, 1.54) is 16.9 Å². The van der Waals surface area contributed by atoms with E-state index >= 15 is 0 Å². The normalized spacial score (nSPS) is 10.8. The molecule has 0 heterocycles. The number of nitrogens with two attached hydrogens (primary N) is 1. The fourth-order valence-corrected chi connectivity index (χ4v) is 2.09. The molecule has 100 valence electrons. The summed E-state index contributed by atoms with van der Waals surface area (Å²) in [4.78, 5) is 2.18. The highest BCUT2D eigenvalue weighted by Gasteiger charge is 2.05. The lowest BCUT2D eigenvalue weighted by Gasteiger charge is -2.20. The molecule has 0 radical (unpaired) electrons. The first-order valence-corrected chi connectivity index (χ1v) is 6.74. The molecule has 2 nitrogen and oxygen atoms in total. The summed E-state index contributed by atoms with van der Waals surface area (Å²) in [6.45, 7) is 5.02. The Morgan fingerprint density at radius 1 is 0.895 bits per heavy atom. The van der Waals surface area contributed by atoms with Crippen LogP contribution in [0.25, 0.3) is 0 Å². The molecular formula is C17H22N2. The van der Waals surface area contributed by atoms with E-state index in [4.69, 9.17) is 5.73 Å². The van der Waals surface area contributed by atoms with Gasteiger partial charge in [-0.15, -0.1) is 0 Å². The molecule has 0 aliphatic rings. The molecule has 2 heteroatoms. The van der Waals surface area contributed by atoms with Gasteiger partial charge in [0.1, 0.15) is 0 Å². The fraction of sp³-hybridized carbons (Fsp3) is 0.294. The van der Waals surface area contributed by atoms with E-state index in [0.29, 0.717) is 12.5 Å². The van der Waals surface area contributed by atoms with Crippen molar-refractivity contribution in [1.29, 1.82) is 0 Å². The summed E-state index contributed by atoms with van der Waals surface area (Å²) in [6.07, 6.45) is 0. The largest absolute Gasteiger partial charge is 0.345 e. The number of hydrogen-bond donors (Lipinski definition) is 1. The molecule has 2 aromatic rings. The minimum Gasteiger partial charge on any atom is -0.345 e. The Kier molecular flexibility index (Phi) is 4.23. The zero-order chi connectivity index (χ0) is 13.8. The average Bonchev–Trinajstić information content (AvgIpc) is 2.46. The fourth-order valence-electron chi connectivity index (χ4n) is 2.09. The minimum atomic E-state index is 0.572. The van der Waals surface area contributed by atoms with Crippen molar-refractivity contribution in [2.24, 2.45) is 5.73 Å². The molecular weight excluding hydrogens is 232 g/mol. The maximum atomic E-state index is 5.62. The standard InChI is InChI=1S/C17H22N2/c1-13(2)15-6-10-17(11-7-15)19(3)16-8-4-14(12-18)5-9-16/h4-11,13H,12,18H2,1-3H3. The van der Waals surface area contributed by atoms with Gasteiger partial charge in [0, 0.05) is 25.0 Å². The predicted molar refractivity (Wildman–Crippen MR) is 82.9 cm³/mol. The van der Waals surface area contributed by atoms with Gasteiger partial charge in [-0.1, -0.05) is 38.1 Å². The first-order valence-electron chi connectivity index (χ1n) is 6.74. The third-order valence-corrected chi connectivity index (χ3v) is 3.51. The van der Waals surface area contributed by atoms with Crippen molar-refractivity contribution >= 4 is 11.4 Å². The Hall–Kier alpha value is -1.80. The predicted octanol–water partition coefficient (Wildman–Crippen LogP) is 4.04. The highest BCUT2D eigenvalue weighted by molar-refractivity contribution is 5.62. The molecule has 0 spiro atoms. The van der Waals surface area contributed by atoms with Crippen LogP contribution in [0, 0.1) is 0 Å². The van der Waals surface area contributed by atoms with Crippen LogP contribution in [-0.4, -0.2) is 7.05 Å². The topological polar surface area (TPSA) is 29.3 Å². The second kappa shape index (κ2) is 5.89. The van der Waals surface area contributed by atoms with Gasteiger partial charge in [0.15, 0.2) is 0 Å². The zero-order valence-electron chi connectivity index (χ0n) is 11.9. The van der Waals surface area contributed by atoms with Crippen molar-refractivity contribution in [1.82, 2.24) is 0 Å². The Balaban J connectivity index is 2.20. The van der Waals surface area contributed by atoms with Crippen LogP contribution in [0.3, 0.4) is 0 Å². The van der Waals surface area contributed by atoms with Gasteiger partial charge in [0.2, 0.25) is 0 Å². The molecule has 2 N–H and O–H groups in total. The Labute approximate surface area is 115 Å². The molecule has 0 aliphatic heterocycles. The van der Waals surface area contributed by atoms with Gasteiger partial charge in [0.05, 0.1) is 0 Å². The summed E-state index contributed by atoms with van der Waals surface area (Å²) in [5.41, 5.74) is 10.5. The second-order valence-electron chi connectivity index (χ2n) is 5.18. The summed E-state index contributed by atoms with van der Waals surface area (Å²) in [7, 11) is 2.09. The number of nitrogens with zero attached hydrogens (tertiary/aromatic N) is 1. The first kappa shape index (κ1) is 13.6. The van der Waals surface area contributed by atoms with Gasteiger partial charge in [-0.25, -0.2) is 0 Å². The van der Waals surface area contributed by atoms with E-state index in [-0.39, 0.29) is 0 Å². The van der Waals surface area contributed by atoms with Crippen LogP contribution in [0.2, 0.25) is 0 Å². The van der Waals surface area contributed by atoms with E-state index in [1.807, 2.05) is 0 Å². The second-order valence-corrected chi connectivity index (χ2v) is 5.18. The first-order chi connectivity index (χ1) is 9.11. The van der Waals surface area contributed by atoms with Crippen LogP contribution in [0.15, 0.2) is 48.5 Å². The van der Waals surface area contributed by atoms with Crippen LogP contribution in [-0.2, 0) is 6.54 Å². The molecule has 0 saturated heterocycles. The summed E-state index contributed by atoms with van der Waals surface area (Å²) < 4.78 is 0. The van der Waals surface area contributed by atoms with Crippen molar-refractivity contribution in [3.05, 3.63) is 59.7 Å². The summed E-state index contributed by atoms with van der Waals surface area (Å²) in [5, 5.41) is 0. The number of hydrogen-bond acceptors (Lipinski definition) is 2. The van der Waals surface area contributed by atoms with Crippen LogP contribution in [0.1, 0.15) is 30.9 Å². The Morgan fingerprint density at radius 3 is 1.79 bits per heavy atom. The Bertz CT molecular complexity index is 512. The molecule has 0 atom stereocenters. The van der Waals surface area contributed by atoms with Crippen molar-refractivity contribution in [3.63, 3.8) is 0 Å². The van der Waals surface area contributed by atoms with Crippen LogP contribution in [0.4, 0.5) is 11.4 Å². The molecule has 2 rings (SSSR count). The van der Waals surface area contributed by atoms with Gasteiger partial charge in [-0.2, -0.15) is 0 Å². The highest BCUT2D eigenvalue weighted by atomic mass is 15.1. The van der Waals surface area contributed by atoms with E-state index in [0.717, 1.165) is 5.56 Å². The Morgan fingerprint density at radius 2 is 1.37 bits per heavy atom. The summed E-state index contributed by atoms with van der Waals surface area (Å²) >= 11 is 0. The molecule has 0 unspecified atom stereocenters. The zero-order valence-corrected chi connectivity index (χ0v) is 11.9. The smallest absolute Gasteiger partial charge is 0.0408 e. The summed E-state index contributed by atoms with van der Waals surface area (Å²) in [5.74, 6) is 0.572. The van der Waals surface area contributed by atoms with Gasteiger partial charge in [-0.3, -0.25) is 0 Å². The van der Waals surface area contributed by atoms with Gasteiger partial charge in [0.25, 0.3) is 0 Å². The van der Waals surface area contributed by atoms with Crippen molar-refractivity contribution in [2.45, 2.75) is 26.3 Å². The molecule has 0 fully saturated rings. The highest BCUT2D eigenvalue weighted by Crippen LogP contribution is 2.25. The SMILES string of the molecule is CC(C)c1ccc(N(C)c2ccc(CN)cc2)cc1. The van der Waals surface area contributed by atoms with Crippen LogP contribution in [0.5, 0.6) is 0 Å². The number of benzene rings is 2. The lowest BCUT2D eigenvalue weighted by atomic mass is 10.0.